The zero-order valence-electron chi connectivity index (χ0n) is 12.6. The van der Waals surface area contributed by atoms with Crippen molar-refractivity contribution >= 4 is 22.9 Å². The van der Waals surface area contributed by atoms with Gasteiger partial charge in [-0.1, -0.05) is 26.0 Å². The van der Waals surface area contributed by atoms with Crippen LogP contribution in [0.4, 0.5) is 0 Å². The minimum absolute atomic E-state index is 0.00818. The van der Waals surface area contributed by atoms with Crippen LogP contribution in [0.1, 0.15) is 30.6 Å². The first-order chi connectivity index (χ1) is 10.6. The maximum atomic E-state index is 12.3. The Kier molecular flexibility index (Phi) is 4.20. The van der Waals surface area contributed by atoms with Crippen LogP contribution >= 0.6 is 11.3 Å². The van der Waals surface area contributed by atoms with Gasteiger partial charge in [0.1, 0.15) is 0 Å². The third-order valence-corrected chi connectivity index (χ3v) is 4.39. The molecule has 1 unspecified atom stereocenters. The van der Waals surface area contributed by atoms with Gasteiger partial charge in [0.25, 0.3) is 0 Å². The lowest BCUT2D eigenvalue weighted by molar-refractivity contribution is -0.121. The average molecular weight is 314 g/mol. The molecular formula is C16H18N4OS. The maximum absolute atomic E-state index is 12.3. The van der Waals surface area contributed by atoms with Crippen molar-refractivity contribution in [3.8, 4) is 0 Å². The summed E-state index contributed by atoms with van der Waals surface area (Å²) in [4.78, 5) is 13.4. The van der Waals surface area contributed by atoms with Crippen LogP contribution in [0.5, 0.6) is 0 Å². The molecule has 22 heavy (non-hydrogen) atoms. The molecule has 1 atom stereocenters. The number of pyridine rings is 1. The molecule has 5 nitrogen and oxygen atoms in total. The summed E-state index contributed by atoms with van der Waals surface area (Å²) < 4.78 is 1.93. The number of nitrogens with zero attached hydrogens (tertiary/aromatic N) is 3. The number of aromatic nitrogens is 3. The number of hydrogen-bond acceptors (Lipinski definition) is 4. The highest BCUT2D eigenvalue weighted by Gasteiger charge is 2.23. The lowest BCUT2D eigenvalue weighted by Crippen LogP contribution is -2.34. The van der Waals surface area contributed by atoms with E-state index in [-0.39, 0.29) is 17.9 Å². The van der Waals surface area contributed by atoms with Crippen LogP contribution in [0, 0.1) is 5.92 Å². The molecule has 114 valence electrons. The highest BCUT2D eigenvalue weighted by atomic mass is 32.1. The van der Waals surface area contributed by atoms with Crippen LogP contribution in [0.25, 0.3) is 5.65 Å². The van der Waals surface area contributed by atoms with Crippen molar-refractivity contribution in [1.82, 2.24) is 19.9 Å². The van der Waals surface area contributed by atoms with Gasteiger partial charge in [0, 0.05) is 11.1 Å². The minimum Gasteiger partial charge on any atom is -0.345 e. The molecule has 0 bridgehead atoms. The number of amides is 1. The Morgan fingerprint density at radius 1 is 1.27 bits per heavy atom. The zero-order chi connectivity index (χ0) is 15.5. The molecule has 1 amide bonds. The fraction of sp³-hybridized carbons (Fsp3) is 0.312. The predicted molar refractivity (Wildman–Crippen MR) is 86.7 cm³/mol. The molecule has 3 aromatic heterocycles. The molecule has 1 N–H and O–H groups in total. The smallest absolute Gasteiger partial charge is 0.225 e. The molecule has 0 aliphatic carbocycles. The van der Waals surface area contributed by atoms with Crippen molar-refractivity contribution in [2.24, 2.45) is 5.92 Å². The molecular weight excluding hydrogens is 296 g/mol. The predicted octanol–water partition coefficient (Wildman–Crippen LogP) is 2.85. The fourth-order valence-corrected chi connectivity index (χ4v) is 3.10. The van der Waals surface area contributed by atoms with Crippen LogP contribution in [0.15, 0.2) is 41.9 Å². The highest BCUT2D eigenvalue weighted by Crippen LogP contribution is 2.21. The van der Waals surface area contributed by atoms with Crippen molar-refractivity contribution < 1.29 is 4.79 Å². The summed E-state index contributed by atoms with van der Waals surface area (Å²) in [6.07, 6.45) is 2.32. The van der Waals surface area contributed by atoms with Gasteiger partial charge in [0.05, 0.1) is 12.5 Å². The molecule has 0 spiro atoms. The van der Waals surface area contributed by atoms with E-state index in [1.165, 1.54) is 0 Å². The average Bonchev–Trinajstić information content (AvgIpc) is 3.14. The molecule has 3 rings (SSSR count). The standard InChI is InChI=1S/C16H18N4OS/c1-11(2)15(17-14(21)10-12-6-5-9-22-12)16-19-18-13-7-3-4-8-20(13)16/h3-9,11,15H,10H2,1-2H3,(H,17,21). The summed E-state index contributed by atoms with van der Waals surface area (Å²) in [5.41, 5.74) is 0.788. The van der Waals surface area contributed by atoms with Gasteiger partial charge in [-0.25, -0.2) is 0 Å². The van der Waals surface area contributed by atoms with Gasteiger partial charge in [-0.3, -0.25) is 9.20 Å². The molecule has 6 heteroatoms. The third-order valence-electron chi connectivity index (χ3n) is 3.52. The molecule has 0 aliphatic heterocycles. The Morgan fingerprint density at radius 3 is 2.86 bits per heavy atom. The molecule has 0 aliphatic rings. The number of hydrogen-bond donors (Lipinski definition) is 1. The Labute approximate surface area is 133 Å². The number of fused-ring (bicyclic) bond motifs is 1. The van der Waals surface area contributed by atoms with Gasteiger partial charge in [0.15, 0.2) is 11.5 Å². The quantitative estimate of drug-likeness (QED) is 0.788. The van der Waals surface area contributed by atoms with E-state index >= 15 is 0 Å². The zero-order valence-corrected chi connectivity index (χ0v) is 13.4. The van der Waals surface area contributed by atoms with Crippen LogP contribution in [-0.2, 0) is 11.2 Å². The van der Waals surface area contributed by atoms with Gasteiger partial charge >= 0.3 is 0 Å². The molecule has 0 aromatic carbocycles. The van der Waals surface area contributed by atoms with Crippen LogP contribution < -0.4 is 5.32 Å². The van der Waals surface area contributed by atoms with Gasteiger partial charge in [0.2, 0.25) is 5.91 Å². The summed E-state index contributed by atoms with van der Waals surface area (Å²) in [5.74, 6) is 0.999. The second kappa shape index (κ2) is 6.27. The molecule has 0 saturated carbocycles. The van der Waals surface area contributed by atoms with Gasteiger partial charge < -0.3 is 5.32 Å². The monoisotopic (exact) mass is 314 g/mol. The van der Waals surface area contributed by atoms with Crippen molar-refractivity contribution in [3.05, 3.63) is 52.6 Å². The largest absolute Gasteiger partial charge is 0.345 e. The Balaban J connectivity index is 1.82. The number of carbonyl (C=O) groups is 1. The fourth-order valence-electron chi connectivity index (χ4n) is 2.40. The molecule has 3 aromatic rings. The van der Waals surface area contributed by atoms with Crippen LogP contribution in [-0.4, -0.2) is 20.5 Å². The van der Waals surface area contributed by atoms with E-state index in [1.807, 2.05) is 46.3 Å². The van der Waals surface area contributed by atoms with Crippen molar-refractivity contribution in [1.29, 1.82) is 0 Å². The lowest BCUT2D eigenvalue weighted by atomic mass is 10.0. The number of thiophene rings is 1. The highest BCUT2D eigenvalue weighted by molar-refractivity contribution is 7.10. The first-order valence-electron chi connectivity index (χ1n) is 7.26. The minimum atomic E-state index is -0.162. The molecule has 0 saturated heterocycles. The lowest BCUT2D eigenvalue weighted by Gasteiger charge is -2.20. The maximum Gasteiger partial charge on any atom is 0.225 e. The van der Waals surface area contributed by atoms with E-state index in [4.69, 9.17) is 0 Å². The summed E-state index contributed by atoms with van der Waals surface area (Å²) in [5, 5.41) is 13.5. The van der Waals surface area contributed by atoms with Gasteiger partial charge in [-0.15, -0.1) is 21.5 Å². The second-order valence-corrected chi connectivity index (χ2v) is 6.56. The summed E-state index contributed by atoms with van der Waals surface area (Å²) >= 11 is 1.59. The van der Waals surface area contributed by atoms with Gasteiger partial charge in [-0.05, 0) is 29.5 Å². The Morgan fingerprint density at radius 2 is 2.14 bits per heavy atom. The topological polar surface area (TPSA) is 59.3 Å². The SMILES string of the molecule is CC(C)C(NC(=O)Cc1cccs1)c1nnc2ccccn12. The molecule has 0 radical (unpaired) electrons. The molecule has 0 fully saturated rings. The van der Waals surface area contributed by atoms with Crippen LogP contribution in [0.2, 0.25) is 0 Å². The van der Waals surface area contributed by atoms with E-state index in [0.717, 1.165) is 16.3 Å². The van der Waals surface area contributed by atoms with Gasteiger partial charge in [-0.2, -0.15) is 0 Å². The van der Waals surface area contributed by atoms with Crippen LogP contribution in [0.3, 0.4) is 0 Å². The van der Waals surface area contributed by atoms with E-state index in [1.54, 1.807) is 11.3 Å². The first kappa shape index (κ1) is 14.7. The summed E-state index contributed by atoms with van der Waals surface area (Å²) in [7, 11) is 0. The summed E-state index contributed by atoms with van der Waals surface area (Å²) in [6.45, 7) is 4.14. The molecule has 3 heterocycles. The second-order valence-electron chi connectivity index (χ2n) is 5.53. The first-order valence-corrected chi connectivity index (χ1v) is 8.14. The number of carbonyl (C=O) groups excluding carboxylic acids is 1. The Bertz CT molecular complexity index is 763. The number of nitrogens with one attached hydrogen (secondary N) is 1. The normalized spacial score (nSPS) is 12.7. The van der Waals surface area contributed by atoms with E-state index in [2.05, 4.69) is 29.4 Å². The van der Waals surface area contributed by atoms with E-state index < -0.39 is 0 Å². The van der Waals surface area contributed by atoms with Crippen molar-refractivity contribution in [3.63, 3.8) is 0 Å². The third kappa shape index (κ3) is 3.01. The van der Waals surface area contributed by atoms with E-state index in [9.17, 15) is 4.79 Å². The van der Waals surface area contributed by atoms with E-state index in [0.29, 0.717) is 6.42 Å². The Hall–Kier alpha value is -2.21. The van der Waals surface area contributed by atoms with Crippen molar-refractivity contribution in [2.75, 3.05) is 0 Å². The number of rotatable bonds is 5. The summed E-state index contributed by atoms with van der Waals surface area (Å²) in [6, 6.07) is 9.53. The van der Waals surface area contributed by atoms with Crippen molar-refractivity contribution in [2.45, 2.75) is 26.3 Å².